The number of nitrogens with zero attached hydrogens (tertiary/aromatic N) is 4. The van der Waals surface area contributed by atoms with Gasteiger partial charge in [-0.05, 0) is 6.42 Å². The van der Waals surface area contributed by atoms with Crippen molar-refractivity contribution >= 4 is 0 Å². The van der Waals surface area contributed by atoms with Crippen molar-refractivity contribution in [1.82, 2.24) is 20.0 Å². The summed E-state index contributed by atoms with van der Waals surface area (Å²) in [6, 6.07) is 0. The third kappa shape index (κ3) is 2.96. The van der Waals surface area contributed by atoms with Gasteiger partial charge in [-0.2, -0.15) is 5.10 Å². The van der Waals surface area contributed by atoms with Gasteiger partial charge in [0.15, 0.2) is 5.82 Å². The molecule has 2 heterocycles. The van der Waals surface area contributed by atoms with E-state index in [0.717, 1.165) is 31.3 Å². The maximum Gasteiger partial charge on any atom is 0.274 e. The highest BCUT2D eigenvalue weighted by Gasteiger charge is 2.18. The highest BCUT2D eigenvalue weighted by molar-refractivity contribution is 5.07. The highest BCUT2D eigenvalue weighted by Crippen LogP contribution is 2.12. The van der Waals surface area contributed by atoms with Gasteiger partial charge in [-0.3, -0.25) is 14.8 Å². The van der Waals surface area contributed by atoms with Gasteiger partial charge in [0.2, 0.25) is 0 Å². The van der Waals surface area contributed by atoms with Gasteiger partial charge in [-0.25, -0.2) is 0 Å². The number of aryl methyl sites for hydroxylation is 1. The van der Waals surface area contributed by atoms with Crippen molar-refractivity contribution in [3.8, 4) is 0 Å². The van der Waals surface area contributed by atoms with Gasteiger partial charge in [0.25, 0.3) is 6.20 Å². The van der Waals surface area contributed by atoms with E-state index >= 15 is 0 Å². The molecule has 2 rings (SSSR count). The standard InChI is InChI=1S/C10H15N5O2/c1-13-6-9(5-12-13)7-14-4-2-3-11-10(14)8-15(16)17/h5-6,8,11H,2-4,7H2,1H3/b10-8-. The molecule has 0 aliphatic carbocycles. The van der Waals surface area contributed by atoms with Crippen LogP contribution in [0.15, 0.2) is 24.4 Å². The lowest BCUT2D eigenvalue weighted by atomic mass is 10.2. The summed E-state index contributed by atoms with van der Waals surface area (Å²) >= 11 is 0. The Morgan fingerprint density at radius 3 is 3.18 bits per heavy atom. The topological polar surface area (TPSA) is 76.2 Å². The SMILES string of the molecule is Cn1cc(CN2CCCN/C2=C/[N+](=O)[O-])cn1. The molecule has 7 nitrogen and oxygen atoms in total. The van der Waals surface area contributed by atoms with Crippen LogP contribution in [0, 0.1) is 10.1 Å². The summed E-state index contributed by atoms with van der Waals surface area (Å²) in [5.74, 6) is 0.574. The van der Waals surface area contributed by atoms with Crippen molar-refractivity contribution in [1.29, 1.82) is 0 Å². The fraction of sp³-hybridized carbons (Fsp3) is 0.500. The Hall–Kier alpha value is -2.05. The quantitative estimate of drug-likeness (QED) is 0.604. The average Bonchev–Trinajstić information content (AvgIpc) is 2.66. The minimum Gasteiger partial charge on any atom is -0.367 e. The van der Waals surface area contributed by atoms with Crippen LogP contribution in [0.5, 0.6) is 0 Å². The van der Waals surface area contributed by atoms with Crippen LogP contribution < -0.4 is 5.32 Å². The summed E-state index contributed by atoms with van der Waals surface area (Å²) in [5, 5.41) is 17.6. The molecule has 17 heavy (non-hydrogen) atoms. The molecule has 0 aromatic carbocycles. The van der Waals surface area contributed by atoms with Crippen LogP contribution >= 0.6 is 0 Å². The molecular weight excluding hydrogens is 222 g/mol. The van der Waals surface area contributed by atoms with Crippen molar-refractivity contribution in [3.63, 3.8) is 0 Å². The lowest BCUT2D eigenvalue weighted by Gasteiger charge is -2.30. The molecule has 1 fully saturated rings. The molecule has 92 valence electrons. The van der Waals surface area contributed by atoms with E-state index < -0.39 is 4.92 Å². The lowest BCUT2D eigenvalue weighted by molar-refractivity contribution is -0.405. The molecule has 1 aromatic rings. The molecule has 1 saturated heterocycles. The number of nitrogens with one attached hydrogen (secondary N) is 1. The molecule has 1 N–H and O–H groups in total. The number of nitro groups is 1. The first-order valence-corrected chi connectivity index (χ1v) is 5.47. The Balaban J connectivity index is 2.09. The van der Waals surface area contributed by atoms with E-state index in [1.165, 1.54) is 0 Å². The maximum absolute atomic E-state index is 10.5. The van der Waals surface area contributed by atoms with Crippen LogP contribution in [-0.2, 0) is 13.6 Å². The Morgan fingerprint density at radius 1 is 1.71 bits per heavy atom. The van der Waals surface area contributed by atoms with Crippen molar-refractivity contribution in [3.05, 3.63) is 40.1 Å². The van der Waals surface area contributed by atoms with Crippen LogP contribution in [0.3, 0.4) is 0 Å². The van der Waals surface area contributed by atoms with Crippen LogP contribution in [0.1, 0.15) is 12.0 Å². The third-order valence-electron chi connectivity index (χ3n) is 2.61. The van der Waals surface area contributed by atoms with E-state index in [2.05, 4.69) is 10.4 Å². The molecule has 1 aliphatic heterocycles. The second-order valence-corrected chi connectivity index (χ2v) is 4.02. The van der Waals surface area contributed by atoms with Gasteiger partial charge in [0.1, 0.15) is 0 Å². The van der Waals surface area contributed by atoms with E-state index in [4.69, 9.17) is 0 Å². The molecule has 0 atom stereocenters. The van der Waals surface area contributed by atoms with Gasteiger partial charge < -0.3 is 10.2 Å². The van der Waals surface area contributed by atoms with Crippen molar-refractivity contribution in [2.75, 3.05) is 13.1 Å². The molecule has 0 amide bonds. The van der Waals surface area contributed by atoms with Crippen molar-refractivity contribution in [2.45, 2.75) is 13.0 Å². The zero-order valence-corrected chi connectivity index (χ0v) is 9.67. The van der Waals surface area contributed by atoms with E-state index in [1.807, 2.05) is 18.1 Å². The fourth-order valence-corrected chi connectivity index (χ4v) is 1.88. The molecule has 1 aliphatic rings. The lowest BCUT2D eigenvalue weighted by Crippen LogP contribution is -2.39. The minimum absolute atomic E-state index is 0.427. The molecule has 7 heteroatoms. The van der Waals surface area contributed by atoms with E-state index in [9.17, 15) is 10.1 Å². The average molecular weight is 237 g/mol. The summed E-state index contributed by atoms with van der Waals surface area (Å²) in [4.78, 5) is 12.1. The first-order valence-electron chi connectivity index (χ1n) is 5.47. The predicted octanol–water partition coefficient (Wildman–Crippen LogP) is 0.291. The zero-order chi connectivity index (χ0) is 12.3. The first kappa shape index (κ1) is 11.4. The van der Waals surface area contributed by atoms with Crippen molar-refractivity contribution < 1.29 is 4.92 Å². The normalized spacial score (nSPS) is 18.2. The molecule has 0 unspecified atom stereocenters. The summed E-state index contributed by atoms with van der Waals surface area (Å²) in [6.07, 6.45) is 5.70. The minimum atomic E-state index is -0.427. The predicted molar refractivity (Wildman–Crippen MR) is 61.3 cm³/mol. The monoisotopic (exact) mass is 237 g/mol. The van der Waals surface area contributed by atoms with Crippen LogP contribution in [0.2, 0.25) is 0 Å². The smallest absolute Gasteiger partial charge is 0.274 e. The number of hydrogen-bond acceptors (Lipinski definition) is 5. The Labute approximate surface area is 98.9 Å². The van der Waals surface area contributed by atoms with Crippen LogP contribution in [0.25, 0.3) is 0 Å². The molecule has 0 saturated carbocycles. The summed E-state index contributed by atoms with van der Waals surface area (Å²) in [5.41, 5.74) is 1.05. The Bertz CT molecular complexity index is 440. The maximum atomic E-state index is 10.5. The second-order valence-electron chi connectivity index (χ2n) is 4.02. The molecule has 0 radical (unpaired) electrons. The molecule has 0 bridgehead atoms. The van der Waals surface area contributed by atoms with Crippen LogP contribution in [-0.4, -0.2) is 32.7 Å². The van der Waals surface area contributed by atoms with Gasteiger partial charge in [0.05, 0.1) is 11.1 Å². The van der Waals surface area contributed by atoms with E-state index in [1.54, 1.807) is 10.9 Å². The zero-order valence-electron chi connectivity index (χ0n) is 9.67. The second kappa shape index (κ2) is 4.86. The number of hydrogen-bond donors (Lipinski definition) is 1. The largest absolute Gasteiger partial charge is 0.367 e. The van der Waals surface area contributed by atoms with Crippen LogP contribution in [0.4, 0.5) is 0 Å². The van der Waals surface area contributed by atoms with Gasteiger partial charge in [-0.15, -0.1) is 0 Å². The number of rotatable bonds is 3. The highest BCUT2D eigenvalue weighted by atomic mass is 16.6. The Morgan fingerprint density at radius 2 is 2.53 bits per heavy atom. The fourth-order valence-electron chi connectivity index (χ4n) is 1.88. The summed E-state index contributed by atoms with van der Waals surface area (Å²) < 4.78 is 1.73. The van der Waals surface area contributed by atoms with E-state index in [0.29, 0.717) is 12.4 Å². The van der Waals surface area contributed by atoms with Gasteiger partial charge in [0, 0.05) is 38.4 Å². The third-order valence-corrected chi connectivity index (χ3v) is 2.61. The van der Waals surface area contributed by atoms with Crippen molar-refractivity contribution in [2.24, 2.45) is 7.05 Å². The molecule has 1 aromatic heterocycles. The summed E-state index contributed by atoms with van der Waals surface area (Å²) in [6.45, 7) is 2.24. The van der Waals surface area contributed by atoms with Gasteiger partial charge >= 0.3 is 0 Å². The Kier molecular flexibility index (Phi) is 3.27. The molecule has 0 spiro atoms. The van der Waals surface area contributed by atoms with E-state index in [-0.39, 0.29) is 0 Å². The number of aromatic nitrogens is 2. The molecular formula is C10H15N5O2. The van der Waals surface area contributed by atoms with Gasteiger partial charge in [-0.1, -0.05) is 0 Å². The summed E-state index contributed by atoms with van der Waals surface area (Å²) in [7, 11) is 1.85. The first-order chi connectivity index (χ1) is 8.15.